The molecule has 0 bridgehead atoms. The lowest BCUT2D eigenvalue weighted by Crippen LogP contribution is -2.23. The minimum Gasteiger partial charge on any atom is -0.545 e. The second kappa shape index (κ2) is 7.48. The molecule has 1 amide bonds. The number of benzene rings is 2. The largest absolute Gasteiger partial charge is 0.545 e. The van der Waals surface area contributed by atoms with Crippen LogP contribution in [0.25, 0.3) is 0 Å². The smallest absolute Gasteiger partial charge is 0.308 e. The number of ether oxygens (including phenoxy) is 2. The number of carbonyl (C=O) groups is 3. The first-order valence-electron chi connectivity index (χ1n) is 7.31. The second-order valence-electron chi connectivity index (χ2n) is 5.23. The van der Waals surface area contributed by atoms with Crippen molar-refractivity contribution in [2.45, 2.75) is 13.8 Å². The number of hydrogen-bond acceptors (Lipinski definition) is 6. The van der Waals surface area contributed by atoms with Crippen molar-refractivity contribution in [1.29, 1.82) is 0 Å². The molecule has 0 aliphatic carbocycles. The summed E-state index contributed by atoms with van der Waals surface area (Å²) in [6.07, 6.45) is 0. The van der Waals surface area contributed by atoms with Crippen LogP contribution in [-0.4, -0.2) is 25.0 Å². The molecular weight excluding hydrogens is 326 g/mol. The molecule has 0 unspecified atom stereocenters. The lowest BCUT2D eigenvalue weighted by Gasteiger charge is -2.12. The fraction of sp³-hybridized carbons (Fsp3) is 0.167. The zero-order chi connectivity index (χ0) is 18.6. The molecule has 2 aromatic rings. The highest BCUT2D eigenvalue weighted by Crippen LogP contribution is 2.28. The number of carboxylic acid groups (broad SMARTS) is 1. The standard InChI is InChI=1S/C18H17NO6/c1-10-4-6-13(9-14(10)18(22)23)19-17(21)12-5-7-15(25-11(2)20)16(8-12)24-3/h4-9H,1-3H3,(H,19,21)(H,22,23)/p-1. The molecule has 0 fully saturated rings. The van der Waals surface area contributed by atoms with E-state index >= 15 is 0 Å². The van der Waals surface area contributed by atoms with Crippen molar-refractivity contribution in [3.05, 3.63) is 53.1 Å². The molecule has 0 spiro atoms. The molecule has 25 heavy (non-hydrogen) atoms. The van der Waals surface area contributed by atoms with Crippen LogP contribution in [0, 0.1) is 6.92 Å². The van der Waals surface area contributed by atoms with E-state index in [1.165, 1.54) is 38.3 Å². The number of aryl methyl sites for hydroxylation is 1. The van der Waals surface area contributed by atoms with Crippen molar-refractivity contribution in [3.63, 3.8) is 0 Å². The fourth-order valence-corrected chi connectivity index (χ4v) is 2.17. The van der Waals surface area contributed by atoms with Gasteiger partial charge in [-0.1, -0.05) is 6.07 Å². The predicted octanol–water partition coefficient (Wildman–Crippen LogP) is 1.54. The molecular formula is C18H16NO6-. The van der Waals surface area contributed by atoms with Crippen LogP contribution in [0.3, 0.4) is 0 Å². The maximum Gasteiger partial charge on any atom is 0.308 e. The minimum atomic E-state index is -1.32. The average Bonchev–Trinajstić information content (AvgIpc) is 2.56. The van der Waals surface area contributed by atoms with Gasteiger partial charge in [0.05, 0.1) is 13.1 Å². The van der Waals surface area contributed by atoms with Gasteiger partial charge >= 0.3 is 5.97 Å². The first-order chi connectivity index (χ1) is 11.8. The van der Waals surface area contributed by atoms with Crippen LogP contribution in [0.15, 0.2) is 36.4 Å². The Balaban J connectivity index is 2.25. The first kappa shape index (κ1) is 18.0. The highest BCUT2D eigenvalue weighted by molar-refractivity contribution is 6.05. The Morgan fingerprint density at radius 3 is 2.36 bits per heavy atom. The summed E-state index contributed by atoms with van der Waals surface area (Å²) in [4.78, 5) is 34.4. The molecule has 0 radical (unpaired) electrons. The van der Waals surface area contributed by atoms with Crippen molar-refractivity contribution < 1.29 is 29.0 Å². The number of carbonyl (C=O) groups excluding carboxylic acids is 3. The Kier molecular flexibility index (Phi) is 5.38. The van der Waals surface area contributed by atoms with Crippen LogP contribution < -0.4 is 19.9 Å². The Morgan fingerprint density at radius 2 is 1.76 bits per heavy atom. The van der Waals surface area contributed by atoms with E-state index in [1.54, 1.807) is 19.1 Å². The number of rotatable bonds is 5. The van der Waals surface area contributed by atoms with E-state index in [9.17, 15) is 19.5 Å². The van der Waals surface area contributed by atoms with Gasteiger partial charge in [-0.2, -0.15) is 0 Å². The third kappa shape index (κ3) is 4.35. The van der Waals surface area contributed by atoms with Gasteiger partial charge in [0.15, 0.2) is 11.5 Å². The van der Waals surface area contributed by atoms with Gasteiger partial charge in [-0.05, 0) is 42.8 Å². The molecule has 7 nitrogen and oxygen atoms in total. The van der Waals surface area contributed by atoms with Gasteiger partial charge in [-0.25, -0.2) is 0 Å². The number of amides is 1. The quantitative estimate of drug-likeness (QED) is 0.653. The summed E-state index contributed by atoms with van der Waals surface area (Å²) in [6, 6.07) is 8.81. The van der Waals surface area contributed by atoms with E-state index in [4.69, 9.17) is 9.47 Å². The Hall–Kier alpha value is -3.35. The molecule has 0 aliphatic rings. The Bertz CT molecular complexity index is 843. The zero-order valence-electron chi connectivity index (χ0n) is 13.9. The maximum atomic E-state index is 12.3. The molecule has 7 heteroatoms. The summed E-state index contributed by atoms with van der Waals surface area (Å²) in [6.45, 7) is 2.89. The fourth-order valence-electron chi connectivity index (χ4n) is 2.17. The predicted molar refractivity (Wildman–Crippen MR) is 87.8 cm³/mol. The first-order valence-corrected chi connectivity index (χ1v) is 7.31. The molecule has 0 atom stereocenters. The van der Waals surface area contributed by atoms with Gasteiger partial charge in [0.25, 0.3) is 5.91 Å². The number of carboxylic acids is 1. The van der Waals surface area contributed by atoms with E-state index in [1.807, 2.05) is 0 Å². The number of methoxy groups -OCH3 is 1. The third-order valence-corrected chi connectivity index (χ3v) is 3.39. The number of anilines is 1. The van der Waals surface area contributed by atoms with Crippen LogP contribution in [-0.2, 0) is 4.79 Å². The van der Waals surface area contributed by atoms with Crippen molar-refractivity contribution in [2.75, 3.05) is 12.4 Å². The summed E-state index contributed by atoms with van der Waals surface area (Å²) < 4.78 is 10.1. The molecule has 0 heterocycles. The SMILES string of the molecule is COc1cc(C(=O)Nc2ccc(C)c(C(=O)[O-])c2)ccc1OC(C)=O. The summed E-state index contributed by atoms with van der Waals surface area (Å²) in [5.74, 6) is -1.88. The summed E-state index contributed by atoms with van der Waals surface area (Å²) in [5, 5.41) is 13.7. The number of aromatic carboxylic acids is 1. The molecule has 2 rings (SSSR count). The van der Waals surface area contributed by atoms with Crippen molar-refractivity contribution in [1.82, 2.24) is 0 Å². The van der Waals surface area contributed by atoms with Gasteiger partial charge in [0.2, 0.25) is 0 Å². The second-order valence-corrected chi connectivity index (χ2v) is 5.23. The number of hydrogen-bond donors (Lipinski definition) is 1. The number of nitrogens with one attached hydrogen (secondary N) is 1. The van der Waals surface area contributed by atoms with Crippen molar-refractivity contribution in [2.24, 2.45) is 0 Å². The zero-order valence-corrected chi connectivity index (χ0v) is 13.9. The minimum absolute atomic E-state index is 0.000543. The number of esters is 1. The Morgan fingerprint density at radius 1 is 1.04 bits per heavy atom. The summed E-state index contributed by atoms with van der Waals surface area (Å²) in [7, 11) is 1.39. The maximum absolute atomic E-state index is 12.3. The van der Waals surface area contributed by atoms with Crippen LogP contribution in [0.4, 0.5) is 5.69 Å². The van der Waals surface area contributed by atoms with Gasteiger partial charge in [0.1, 0.15) is 0 Å². The van der Waals surface area contributed by atoms with Gasteiger partial charge in [-0.3, -0.25) is 9.59 Å². The van der Waals surface area contributed by atoms with Crippen molar-refractivity contribution >= 4 is 23.5 Å². The molecule has 2 aromatic carbocycles. The van der Waals surface area contributed by atoms with Crippen LogP contribution in [0.2, 0.25) is 0 Å². The lowest BCUT2D eigenvalue weighted by molar-refractivity contribution is -0.255. The lowest BCUT2D eigenvalue weighted by atomic mass is 10.1. The van der Waals surface area contributed by atoms with E-state index < -0.39 is 17.8 Å². The summed E-state index contributed by atoms with van der Waals surface area (Å²) >= 11 is 0. The van der Waals surface area contributed by atoms with Crippen molar-refractivity contribution in [3.8, 4) is 11.5 Å². The topological polar surface area (TPSA) is 105 Å². The molecule has 1 N–H and O–H groups in total. The summed E-state index contributed by atoms with van der Waals surface area (Å²) in [5.41, 5.74) is 1.10. The third-order valence-electron chi connectivity index (χ3n) is 3.39. The normalized spacial score (nSPS) is 10.0. The highest BCUT2D eigenvalue weighted by atomic mass is 16.6. The average molecular weight is 342 g/mol. The molecule has 0 aromatic heterocycles. The Labute approximate surface area is 144 Å². The highest BCUT2D eigenvalue weighted by Gasteiger charge is 2.13. The van der Waals surface area contributed by atoms with Gasteiger partial charge in [-0.15, -0.1) is 0 Å². The van der Waals surface area contributed by atoms with Gasteiger partial charge < -0.3 is 24.7 Å². The van der Waals surface area contributed by atoms with Gasteiger partial charge in [0, 0.05) is 23.7 Å². The van der Waals surface area contributed by atoms with E-state index in [0.29, 0.717) is 11.3 Å². The van der Waals surface area contributed by atoms with E-state index in [2.05, 4.69) is 5.32 Å². The van der Waals surface area contributed by atoms with Crippen LogP contribution >= 0.6 is 0 Å². The van der Waals surface area contributed by atoms with Crippen LogP contribution in [0.5, 0.6) is 11.5 Å². The molecule has 130 valence electrons. The molecule has 0 aliphatic heterocycles. The molecule has 0 saturated heterocycles. The molecule has 0 saturated carbocycles. The monoisotopic (exact) mass is 342 g/mol. The van der Waals surface area contributed by atoms with E-state index in [0.717, 1.165) is 0 Å². The van der Waals surface area contributed by atoms with E-state index in [-0.39, 0.29) is 22.6 Å². The van der Waals surface area contributed by atoms with Crippen LogP contribution in [0.1, 0.15) is 33.2 Å².